The van der Waals surface area contributed by atoms with Crippen LogP contribution in [0.3, 0.4) is 0 Å². The summed E-state index contributed by atoms with van der Waals surface area (Å²) in [5.41, 5.74) is 4.42. The summed E-state index contributed by atoms with van der Waals surface area (Å²) < 4.78 is 2.96. The summed E-state index contributed by atoms with van der Waals surface area (Å²) in [4.78, 5) is 12.3. The van der Waals surface area contributed by atoms with E-state index in [1.165, 1.54) is 22.9 Å². The van der Waals surface area contributed by atoms with Gasteiger partial charge >= 0.3 is 0 Å². The lowest BCUT2D eigenvalue weighted by atomic mass is 10.2. The topological polar surface area (TPSA) is 59.8 Å². The number of carbonyl (C=O) groups is 1. The van der Waals surface area contributed by atoms with Gasteiger partial charge in [-0.05, 0) is 43.2 Å². The molecule has 1 N–H and O–H groups in total. The molecule has 3 aromatic rings. The normalized spacial score (nSPS) is 10.9. The fourth-order valence-electron chi connectivity index (χ4n) is 2.62. The van der Waals surface area contributed by atoms with Crippen LogP contribution in [0, 0.1) is 13.8 Å². The highest BCUT2D eigenvalue weighted by Gasteiger charge is 2.12. The summed E-state index contributed by atoms with van der Waals surface area (Å²) in [6.45, 7) is 4.06. The van der Waals surface area contributed by atoms with E-state index in [9.17, 15) is 4.79 Å². The van der Waals surface area contributed by atoms with Crippen LogP contribution in [0.25, 0.3) is 0 Å². The molecule has 3 rings (SSSR count). The van der Waals surface area contributed by atoms with Gasteiger partial charge in [0.2, 0.25) is 5.91 Å². The molecule has 8 heteroatoms. The number of nitrogens with zero attached hydrogens (tertiary/aromatic N) is 3. The van der Waals surface area contributed by atoms with Crippen LogP contribution in [-0.4, -0.2) is 26.4 Å². The number of aryl methyl sites for hydroxylation is 2. The van der Waals surface area contributed by atoms with Gasteiger partial charge in [-0.25, -0.2) is 0 Å². The molecule has 0 aliphatic rings. The SMILES string of the molecule is Cc1ccc(CSCc2nnc(SCC(=O)Nc3ccc(Br)cc3C)n2C)cc1. The third kappa shape index (κ3) is 6.35. The lowest BCUT2D eigenvalue weighted by Crippen LogP contribution is -2.15. The van der Waals surface area contributed by atoms with E-state index in [4.69, 9.17) is 0 Å². The van der Waals surface area contributed by atoms with Crippen molar-refractivity contribution in [2.24, 2.45) is 7.05 Å². The molecule has 0 saturated carbocycles. The fourth-order valence-corrected chi connectivity index (χ4v) is 4.79. The van der Waals surface area contributed by atoms with Gasteiger partial charge in [0.1, 0.15) is 5.82 Å². The molecule has 152 valence electrons. The number of anilines is 1. The molecule has 0 saturated heterocycles. The standard InChI is InChI=1S/C21H23BrN4OS2/c1-14-4-6-16(7-5-14)11-28-12-19-24-25-21(26(19)3)29-13-20(27)23-18-9-8-17(22)10-15(18)2/h4-10H,11-13H2,1-3H3,(H,23,27). The molecule has 2 aromatic carbocycles. The van der Waals surface area contributed by atoms with E-state index < -0.39 is 0 Å². The van der Waals surface area contributed by atoms with Crippen molar-refractivity contribution in [3.8, 4) is 0 Å². The molecule has 0 radical (unpaired) electrons. The predicted octanol–water partition coefficient (Wildman–Crippen LogP) is 5.36. The monoisotopic (exact) mass is 490 g/mol. The van der Waals surface area contributed by atoms with E-state index >= 15 is 0 Å². The van der Waals surface area contributed by atoms with Gasteiger partial charge in [0.05, 0.1) is 11.5 Å². The average molecular weight is 491 g/mol. The second-order valence-corrected chi connectivity index (χ2v) is 9.58. The fraction of sp³-hybridized carbons (Fsp3) is 0.286. The predicted molar refractivity (Wildman–Crippen MR) is 125 cm³/mol. The van der Waals surface area contributed by atoms with Gasteiger partial charge in [-0.3, -0.25) is 4.79 Å². The minimum Gasteiger partial charge on any atom is -0.325 e. The Bertz CT molecular complexity index is 989. The average Bonchev–Trinajstić information content (AvgIpc) is 3.04. The van der Waals surface area contributed by atoms with Crippen LogP contribution in [0.15, 0.2) is 52.1 Å². The minimum atomic E-state index is -0.0567. The first kappa shape index (κ1) is 21.9. The second kappa shape index (κ2) is 10.3. The third-order valence-electron chi connectivity index (χ3n) is 4.34. The van der Waals surface area contributed by atoms with Gasteiger partial charge in [0.15, 0.2) is 5.16 Å². The van der Waals surface area contributed by atoms with Crippen molar-refractivity contribution < 1.29 is 4.79 Å². The van der Waals surface area contributed by atoms with Crippen LogP contribution in [-0.2, 0) is 23.3 Å². The van der Waals surface area contributed by atoms with Crippen molar-refractivity contribution in [1.29, 1.82) is 0 Å². The lowest BCUT2D eigenvalue weighted by Gasteiger charge is -2.08. The zero-order chi connectivity index (χ0) is 20.8. The molecule has 0 aliphatic heterocycles. The maximum Gasteiger partial charge on any atom is 0.234 e. The van der Waals surface area contributed by atoms with Crippen molar-refractivity contribution in [1.82, 2.24) is 14.8 Å². The second-order valence-electron chi connectivity index (χ2n) is 6.73. The Hall–Kier alpha value is -1.77. The molecular formula is C21H23BrN4OS2. The number of nitrogens with one attached hydrogen (secondary N) is 1. The van der Waals surface area contributed by atoms with Crippen LogP contribution in [0.5, 0.6) is 0 Å². The van der Waals surface area contributed by atoms with Gasteiger partial charge in [-0.15, -0.1) is 22.0 Å². The summed E-state index contributed by atoms with van der Waals surface area (Å²) >= 11 is 6.63. The van der Waals surface area contributed by atoms with E-state index in [0.717, 1.165) is 38.2 Å². The Morgan fingerprint density at radius 3 is 2.59 bits per heavy atom. The Labute approximate surface area is 188 Å². The Morgan fingerprint density at radius 1 is 1.10 bits per heavy atom. The maximum absolute atomic E-state index is 12.3. The molecule has 0 aliphatic carbocycles. The Balaban J connectivity index is 1.48. The first-order valence-electron chi connectivity index (χ1n) is 9.12. The van der Waals surface area contributed by atoms with Crippen molar-refractivity contribution >= 4 is 51.0 Å². The highest BCUT2D eigenvalue weighted by molar-refractivity contribution is 9.10. The summed E-state index contributed by atoms with van der Waals surface area (Å²) in [6, 6.07) is 14.4. The largest absolute Gasteiger partial charge is 0.325 e. The highest BCUT2D eigenvalue weighted by Crippen LogP contribution is 2.23. The Morgan fingerprint density at radius 2 is 1.86 bits per heavy atom. The number of benzene rings is 2. The molecule has 0 atom stereocenters. The van der Waals surface area contributed by atoms with E-state index in [1.807, 2.05) is 36.7 Å². The molecule has 1 heterocycles. The number of halogens is 1. The number of carbonyl (C=O) groups excluding carboxylic acids is 1. The number of aromatic nitrogens is 3. The molecule has 0 unspecified atom stereocenters. The van der Waals surface area contributed by atoms with Crippen molar-refractivity contribution in [2.45, 2.75) is 30.5 Å². The van der Waals surface area contributed by atoms with Gasteiger partial charge in [0.25, 0.3) is 0 Å². The van der Waals surface area contributed by atoms with Crippen molar-refractivity contribution in [3.05, 3.63) is 69.5 Å². The van der Waals surface area contributed by atoms with Crippen LogP contribution in [0.1, 0.15) is 22.5 Å². The molecule has 5 nitrogen and oxygen atoms in total. The van der Waals surface area contributed by atoms with Gasteiger partial charge in [-0.1, -0.05) is 57.5 Å². The molecule has 1 aromatic heterocycles. The number of thioether (sulfide) groups is 2. The van der Waals surface area contributed by atoms with Crippen LogP contribution < -0.4 is 5.32 Å². The maximum atomic E-state index is 12.3. The van der Waals surface area contributed by atoms with E-state index in [-0.39, 0.29) is 11.7 Å². The first-order valence-corrected chi connectivity index (χ1v) is 12.1. The number of hydrogen-bond acceptors (Lipinski definition) is 5. The summed E-state index contributed by atoms with van der Waals surface area (Å²) in [6.07, 6.45) is 0. The van der Waals surface area contributed by atoms with Crippen LogP contribution in [0.4, 0.5) is 5.69 Å². The smallest absolute Gasteiger partial charge is 0.234 e. The zero-order valence-corrected chi connectivity index (χ0v) is 19.8. The Kier molecular flexibility index (Phi) is 7.80. The molecule has 1 amide bonds. The quantitative estimate of drug-likeness (QED) is 0.430. The third-order valence-corrected chi connectivity index (χ3v) is 6.85. The molecular weight excluding hydrogens is 468 g/mol. The van der Waals surface area contributed by atoms with Crippen LogP contribution >= 0.6 is 39.5 Å². The highest BCUT2D eigenvalue weighted by atomic mass is 79.9. The lowest BCUT2D eigenvalue weighted by molar-refractivity contribution is -0.113. The first-order chi connectivity index (χ1) is 13.9. The molecule has 0 spiro atoms. The molecule has 0 fully saturated rings. The van der Waals surface area contributed by atoms with E-state index in [0.29, 0.717) is 0 Å². The van der Waals surface area contributed by atoms with E-state index in [1.54, 1.807) is 11.8 Å². The summed E-state index contributed by atoms with van der Waals surface area (Å²) in [5.74, 6) is 2.86. The van der Waals surface area contributed by atoms with Crippen molar-refractivity contribution in [3.63, 3.8) is 0 Å². The van der Waals surface area contributed by atoms with E-state index in [2.05, 4.69) is 62.6 Å². The minimum absolute atomic E-state index is 0.0567. The number of hydrogen-bond donors (Lipinski definition) is 1. The zero-order valence-electron chi connectivity index (χ0n) is 16.6. The number of rotatable bonds is 8. The van der Waals surface area contributed by atoms with Crippen LogP contribution in [0.2, 0.25) is 0 Å². The van der Waals surface area contributed by atoms with Gasteiger partial charge < -0.3 is 9.88 Å². The van der Waals surface area contributed by atoms with Gasteiger partial charge in [0, 0.05) is 23.0 Å². The summed E-state index contributed by atoms with van der Waals surface area (Å²) in [5, 5.41) is 12.2. The van der Waals surface area contributed by atoms with Crippen molar-refractivity contribution in [2.75, 3.05) is 11.1 Å². The molecule has 0 bridgehead atoms. The van der Waals surface area contributed by atoms with Gasteiger partial charge in [-0.2, -0.15) is 0 Å². The summed E-state index contributed by atoms with van der Waals surface area (Å²) in [7, 11) is 1.95. The number of amides is 1. The molecule has 29 heavy (non-hydrogen) atoms.